The lowest BCUT2D eigenvalue weighted by Gasteiger charge is -2.36. The minimum atomic E-state index is -0.0256. The number of benzene rings is 2. The molecule has 1 aliphatic rings. The van der Waals surface area contributed by atoms with Crippen LogP contribution in [0.25, 0.3) is 0 Å². The SMILES string of the molecule is CCOc1c(Br)cc(C(=O)N2CCN(c3ccc(O)cc3)CC2)cc1OC. The van der Waals surface area contributed by atoms with E-state index in [1.807, 2.05) is 24.0 Å². The number of amides is 1. The van der Waals surface area contributed by atoms with Crippen LogP contribution in [0.5, 0.6) is 17.2 Å². The van der Waals surface area contributed by atoms with E-state index < -0.39 is 0 Å². The van der Waals surface area contributed by atoms with E-state index >= 15 is 0 Å². The van der Waals surface area contributed by atoms with Crippen molar-refractivity contribution in [1.82, 2.24) is 4.90 Å². The fraction of sp³-hybridized carbons (Fsp3) is 0.350. The molecule has 0 aliphatic carbocycles. The lowest BCUT2D eigenvalue weighted by molar-refractivity contribution is 0.0746. The van der Waals surface area contributed by atoms with Crippen molar-refractivity contribution in [3.63, 3.8) is 0 Å². The zero-order valence-corrected chi connectivity index (χ0v) is 17.0. The maximum atomic E-state index is 12.9. The summed E-state index contributed by atoms with van der Waals surface area (Å²) in [4.78, 5) is 17.0. The summed E-state index contributed by atoms with van der Waals surface area (Å²) in [5.41, 5.74) is 1.62. The van der Waals surface area contributed by atoms with Crippen LogP contribution in [0.1, 0.15) is 17.3 Å². The predicted molar refractivity (Wildman–Crippen MR) is 108 cm³/mol. The molecule has 0 spiro atoms. The fourth-order valence-corrected chi connectivity index (χ4v) is 3.70. The molecule has 0 bridgehead atoms. The summed E-state index contributed by atoms with van der Waals surface area (Å²) in [6.45, 7) is 5.16. The third-order valence-corrected chi connectivity index (χ3v) is 5.14. The Kier molecular flexibility index (Phi) is 6.11. The highest BCUT2D eigenvalue weighted by molar-refractivity contribution is 9.10. The summed E-state index contributed by atoms with van der Waals surface area (Å²) in [5, 5.41) is 9.42. The molecule has 1 aliphatic heterocycles. The molecule has 1 amide bonds. The molecule has 0 saturated carbocycles. The average Bonchev–Trinajstić information content (AvgIpc) is 2.69. The van der Waals surface area contributed by atoms with Crippen LogP contribution in [-0.2, 0) is 0 Å². The van der Waals surface area contributed by atoms with Crippen molar-refractivity contribution in [3.05, 3.63) is 46.4 Å². The van der Waals surface area contributed by atoms with Gasteiger partial charge in [-0.05, 0) is 59.3 Å². The molecule has 1 heterocycles. The van der Waals surface area contributed by atoms with Gasteiger partial charge in [0.1, 0.15) is 5.75 Å². The molecule has 7 heteroatoms. The molecular weight excluding hydrogens is 412 g/mol. The van der Waals surface area contributed by atoms with Crippen LogP contribution in [0.2, 0.25) is 0 Å². The van der Waals surface area contributed by atoms with Gasteiger partial charge < -0.3 is 24.4 Å². The minimum Gasteiger partial charge on any atom is -0.508 e. The Morgan fingerprint density at radius 1 is 1.15 bits per heavy atom. The van der Waals surface area contributed by atoms with Gasteiger partial charge in [0.05, 0.1) is 18.2 Å². The molecule has 0 unspecified atom stereocenters. The first kappa shape index (κ1) is 19.4. The quantitative estimate of drug-likeness (QED) is 0.779. The molecule has 0 aromatic heterocycles. The van der Waals surface area contributed by atoms with E-state index in [0.29, 0.717) is 41.2 Å². The molecule has 2 aromatic rings. The summed E-state index contributed by atoms with van der Waals surface area (Å²) < 4.78 is 11.7. The second-order valence-electron chi connectivity index (χ2n) is 6.22. The number of piperazine rings is 1. The normalized spacial score (nSPS) is 14.2. The van der Waals surface area contributed by atoms with E-state index in [1.54, 1.807) is 31.4 Å². The standard InChI is InChI=1S/C20H23BrN2O4/c1-3-27-19-17(21)12-14(13-18(19)26-2)20(25)23-10-8-22(9-11-23)15-4-6-16(24)7-5-15/h4-7,12-13,24H,3,8-11H2,1-2H3. The number of phenols is 1. The Balaban J connectivity index is 1.70. The Morgan fingerprint density at radius 3 is 2.41 bits per heavy atom. The number of aromatic hydroxyl groups is 1. The number of ether oxygens (including phenoxy) is 2. The van der Waals surface area contributed by atoms with Crippen LogP contribution in [0, 0.1) is 0 Å². The summed E-state index contributed by atoms with van der Waals surface area (Å²) in [6.07, 6.45) is 0. The Morgan fingerprint density at radius 2 is 1.81 bits per heavy atom. The summed E-state index contributed by atoms with van der Waals surface area (Å²) in [6, 6.07) is 10.6. The first-order valence-corrected chi connectivity index (χ1v) is 9.66. The maximum absolute atomic E-state index is 12.9. The van der Waals surface area contributed by atoms with Crippen LogP contribution < -0.4 is 14.4 Å². The van der Waals surface area contributed by atoms with Gasteiger partial charge in [0.15, 0.2) is 11.5 Å². The number of carbonyl (C=O) groups excluding carboxylic acids is 1. The molecule has 1 saturated heterocycles. The van der Waals surface area contributed by atoms with Gasteiger partial charge in [-0.25, -0.2) is 0 Å². The fourth-order valence-electron chi connectivity index (χ4n) is 3.14. The molecular formula is C20H23BrN2O4. The van der Waals surface area contributed by atoms with E-state index in [2.05, 4.69) is 20.8 Å². The van der Waals surface area contributed by atoms with Crippen LogP contribution in [-0.4, -0.2) is 55.8 Å². The van der Waals surface area contributed by atoms with Crippen LogP contribution in [0.3, 0.4) is 0 Å². The molecule has 144 valence electrons. The van der Waals surface area contributed by atoms with Crippen molar-refractivity contribution in [3.8, 4) is 17.2 Å². The molecule has 1 N–H and O–H groups in total. The lowest BCUT2D eigenvalue weighted by Crippen LogP contribution is -2.48. The monoisotopic (exact) mass is 434 g/mol. The molecule has 2 aromatic carbocycles. The smallest absolute Gasteiger partial charge is 0.254 e. The lowest BCUT2D eigenvalue weighted by atomic mass is 10.1. The van der Waals surface area contributed by atoms with Gasteiger partial charge in [-0.1, -0.05) is 0 Å². The minimum absolute atomic E-state index is 0.0256. The number of methoxy groups -OCH3 is 1. The molecule has 6 nitrogen and oxygen atoms in total. The van der Waals surface area contributed by atoms with Gasteiger partial charge in [0.2, 0.25) is 0 Å². The van der Waals surface area contributed by atoms with Crippen molar-refractivity contribution in [1.29, 1.82) is 0 Å². The van der Waals surface area contributed by atoms with Crippen molar-refractivity contribution in [2.24, 2.45) is 0 Å². The van der Waals surface area contributed by atoms with Crippen molar-refractivity contribution >= 4 is 27.5 Å². The van der Waals surface area contributed by atoms with Gasteiger partial charge in [0, 0.05) is 37.4 Å². The highest BCUT2D eigenvalue weighted by Gasteiger charge is 2.24. The van der Waals surface area contributed by atoms with Gasteiger partial charge in [-0.2, -0.15) is 0 Å². The molecule has 27 heavy (non-hydrogen) atoms. The molecule has 1 fully saturated rings. The van der Waals surface area contributed by atoms with E-state index in [1.165, 1.54) is 0 Å². The number of rotatable bonds is 5. The van der Waals surface area contributed by atoms with Crippen molar-refractivity contribution in [2.45, 2.75) is 6.92 Å². The first-order valence-electron chi connectivity index (χ1n) is 8.87. The predicted octanol–water partition coefficient (Wildman–Crippen LogP) is 3.52. The van der Waals surface area contributed by atoms with Crippen molar-refractivity contribution < 1.29 is 19.4 Å². The number of hydrogen-bond acceptors (Lipinski definition) is 5. The second kappa shape index (κ2) is 8.52. The highest BCUT2D eigenvalue weighted by atomic mass is 79.9. The van der Waals surface area contributed by atoms with E-state index in [4.69, 9.17) is 9.47 Å². The number of nitrogens with zero attached hydrogens (tertiary/aromatic N) is 2. The largest absolute Gasteiger partial charge is 0.508 e. The second-order valence-corrected chi connectivity index (χ2v) is 7.07. The number of carbonyl (C=O) groups is 1. The third kappa shape index (κ3) is 4.30. The van der Waals surface area contributed by atoms with E-state index in [-0.39, 0.29) is 11.7 Å². The highest BCUT2D eigenvalue weighted by Crippen LogP contribution is 2.37. The number of hydrogen-bond donors (Lipinski definition) is 1. The van der Waals surface area contributed by atoms with Crippen LogP contribution in [0.15, 0.2) is 40.9 Å². The average molecular weight is 435 g/mol. The number of halogens is 1. The van der Waals surface area contributed by atoms with Gasteiger partial charge in [-0.3, -0.25) is 4.79 Å². The maximum Gasteiger partial charge on any atom is 0.254 e. The Labute approximate surface area is 167 Å². The van der Waals surface area contributed by atoms with Crippen LogP contribution >= 0.6 is 15.9 Å². The van der Waals surface area contributed by atoms with Crippen LogP contribution in [0.4, 0.5) is 5.69 Å². The topological polar surface area (TPSA) is 62.2 Å². The summed E-state index contributed by atoms with van der Waals surface area (Å²) in [5.74, 6) is 1.37. The third-order valence-electron chi connectivity index (χ3n) is 4.55. The zero-order chi connectivity index (χ0) is 19.4. The molecule has 3 rings (SSSR count). The van der Waals surface area contributed by atoms with Gasteiger partial charge >= 0.3 is 0 Å². The Bertz CT molecular complexity index is 802. The van der Waals surface area contributed by atoms with Gasteiger partial charge in [0.25, 0.3) is 5.91 Å². The Hall–Kier alpha value is -2.41. The van der Waals surface area contributed by atoms with E-state index in [0.717, 1.165) is 18.8 Å². The number of phenolic OH excluding ortho intramolecular Hbond substituents is 1. The summed E-state index contributed by atoms with van der Waals surface area (Å²) >= 11 is 3.47. The zero-order valence-electron chi connectivity index (χ0n) is 15.4. The van der Waals surface area contributed by atoms with Gasteiger partial charge in [-0.15, -0.1) is 0 Å². The first-order chi connectivity index (χ1) is 13.0. The molecule has 0 atom stereocenters. The van der Waals surface area contributed by atoms with Crippen molar-refractivity contribution in [2.75, 3.05) is 44.8 Å². The summed E-state index contributed by atoms with van der Waals surface area (Å²) in [7, 11) is 1.56. The van der Waals surface area contributed by atoms with E-state index in [9.17, 15) is 9.90 Å². The molecule has 0 radical (unpaired) electrons. The number of anilines is 1.